The molecule has 0 unspecified atom stereocenters. The largest absolute Gasteiger partial charge is 0.495 e. The molecule has 2 amide bonds. The monoisotopic (exact) mass is 386 g/mol. The van der Waals surface area contributed by atoms with Crippen LogP contribution in [0.2, 0.25) is 5.02 Å². The second kappa shape index (κ2) is 8.72. The fraction of sp³-hybridized carbons (Fsp3) is 0.400. The Morgan fingerprint density at radius 3 is 2.68 bits per heavy atom. The molecule has 0 aromatic heterocycles. The van der Waals surface area contributed by atoms with E-state index in [4.69, 9.17) is 28.6 Å². The number of ether oxygens (including phenoxy) is 2. The number of halogens is 1. The lowest BCUT2D eigenvalue weighted by molar-refractivity contribution is -0.139. The third-order valence-corrected chi connectivity index (χ3v) is 4.11. The molecule has 25 heavy (non-hydrogen) atoms. The van der Waals surface area contributed by atoms with Crippen molar-refractivity contribution in [3.8, 4) is 5.75 Å². The van der Waals surface area contributed by atoms with E-state index in [1.54, 1.807) is 23.2 Å². The molecule has 0 aliphatic carbocycles. The number of hydrogen-bond donors (Lipinski definition) is 2. The first-order valence-electron chi connectivity index (χ1n) is 7.50. The summed E-state index contributed by atoms with van der Waals surface area (Å²) in [5.41, 5.74) is 0.459. The van der Waals surface area contributed by atoms with Gasteiger partial charge in [-0.2, -0.15) is 0 Å². The molecule has 2 N–H and O–H groups in total. The van der Waals surface area contributed by atoms with Gasteiger partial charge in [0.05, 0.1) is 19.9 Å². The van der Waals surface area contributed by atoms with Gasteiger partial charge in [0.25, 0.3) is 0 Å². The predicted molar refractivity (Wildman–Crippen MR) is 97.7 cm³/mol. The number of rotatable bonds is 4. The maximum atomic E-state index is 12.6. The third kappa shape index (κ3) is 4.86. The Morgan fingerprint density at radius 2 is 2.00 bits per heavy atom. The van der Waals surface area contributed by atoms with Crippen LogP contribution in [0.15, 0.2) is 18.2 Å². The Labute approximate surface area is 156 Å². The Morgan fingerprint density at radius 1 is 1.28 bits per heavy atom. The van der Waals surface area contributed by atoms with Gasteiger partial charge in [-0.1, -0.05) is 11.6 Å². The number of anilines is 1. The Kier molecular flexibility index (Phi) is 6.65. The molecule has 2 rings (SSSR count). The van der Waals surface area contributed by atoms with Crippen molar-refractivity contribution in [1.82, 2.24) is 15.3 Å². The summed E-state index contributed by atoms with van der Waals surface area (Å²) in [6, 6.07) is 4.57. The number of nitrogens with zero attached hydrogens (tertiary/aromatic N) is 2. The topological polar surface area (TPSA) is 83.1 Å². The van der Waals surface area contributed by atoms with Gasteiger partial charge in [0.15, 0.2) is 5.11 Å². The summed E-state index contributed by atoms with van der Waals surface area (Å²) in [4.78, 5) is 23.8. The number of benzene rings is 1. The van der Waals surface area contributed by atoms with Crippen LogP contribution in [-0.4, -0.2) is 61.0 Å². The number of amides is 2. The van der Waals surface area contributed by atoms with E-state index < -0.39 is 5.97 Å². The van der Waals surface area contributed by atoms with Crippen molar-refractivity contribution in [1.29, 1.82) is 0 Å². The second-order valence-corrected chi connectivity index (χ2v) is 5.93. The molecule has 1 aromatic rings. The fourth-order valence-electron chi connectivity index (χ4n) is 2.30. The van der Waals surface area contributed by atoms with Crippen molar-refractivity contribution in [2.24, 2.45) is 0 Å². The van der Waals surface area contributed by atoms with Gasteiger partial charge in [0.2, 0.25) is 0 Å². The zero-order valence-electron chi connectivity index (χ0n) is 13.9. The molecule has 0 saturated carbocycles. The molecule has 1 saturated heterocycles. The Balaban J connectivity index is 2.04. The van der Waals surface area contributed by atoms with Gasteiger partial charge in [-0.15, -0.1) is 0 Å². The van der Waals surface area contributed by atoms with E-state index in [0.717, 1.165) is 6.42 Å². The first-order valence-corrected chi connectivity index (χ1v) is 8.29. The summed E-state index contributed by atoms with van der Waals surface area (Å²) in [7, 11) is 2.80. The van der Waals surface area contributed by atoms with Crippen LogP contribution >= 0.6 is 23.8 Å². The van der Waals surface area contributed by atoms with Crippen LogP contribution in [0.1, 0.15) is 6.42 Å². The molecule has 1 aromatic carbocycles. The number of hydrogen-bond acceptors (Lipinski definition) is 5. The van der Waals surface area contributed by atoms with Gasteiger partial charge in [0.1, 0.15) is 12.3 Å². The van der Waals surface area contributed by atoms with Crippen molar-refractivity contribution >= 4 is 46.6 Å². The van der Waals surface area contributed by atoms with E-state index >= 15 is 0 Å². The molecule has 10 heteroatoms. The highest BCUT2D eigenvalue weighted by Gasteiger charge is 2.29. The zero-order chi connectivity index (χ0) is 18.4. The maximum Gasteiger partial charge on any atom is 0.340 e. The molecule has 1 fully saturated rings. The number of esters is 1. The van der Waals surface area contributed by atoms with Crippen LogP contribution in [0.5, 0.6) is 5.75 Å². The number of urea groups is 1. The number of methoxy groups -OCH3 is 2. The van der Waals surface area contributed by atoms with Gasteiger partial charge in [-0.3, -0.25) is 9.80 Å². The molecule has 1 aliphatic rings. The SMILES string of the molecule is COC(=O)CNC(=S)N1CCCN1C(=O)Nc1cc(Cl)ccc1OC. The lowest BCUT2D eigenvalue weighted by Crippen LogP contribution is -2.51. The third-order valence-electron chi connectivity index (χ3n) is 3.51. The lowest BCUT2D eigenvalue weighted by Gasteiger charge is -2.30. The highest BCUT2D eigenvalue weighted by Crippen LogP contribution is 2.28. The Hall–Kier alpha value is -2.26. The number of carbonyl (C=O) groups excluding carboxylic acids is 2. The van der Waals surface area contributed by atoms with Gasteiger partial charge < -0.3 is 20.1 Å². The van der Waals surface area contributed by atoms with Crippen LogP contribution in [0, 0.1) is 0 Å². The van der Waals surface area contributed by atoms with Crippen LogP contribution in [0.4, 0.5) is 10.5 Å². The lowest BCUT2D eigenvalue weighted by atomic mass is 10.3. The van der Waals surface area contributed by atoms with Gasteiger partial charge in [-0.25, -0.2) is 9.80 Å². The van der Waals surface area contributed by atoms with Crippen molar-refractivity contribution in [3.63, 3.8) is 0 Å². The van der Waals surface area contributed by atoms with Gasteiger partial charge in [0, 0.05) is 18.1 Å². The summed E-state index contributed by atoms with van der Waals surface area (Å²) >= 11 is 11.2. The summed E-state index contributed by atoms with van der Waals surface area (Å²) < 4.78 is 9.77. The minimum Gasteiger partial charge on any atom is -0.495 e. The van der Waals surface area contributed by atoms with Crippen molar-refractivity contribution in [3.05, 3.63) is 23.2 Å². The molecule has 136 valence electrons. The highest BCUT2D eigenvalue weighted by atomic mass is 35.5. The van der Waals surface area contributed by atoms with Crippen molar-refractivity contribution < 1.29 is 19.1 Å². The van der Waals surface area contributed by atoms with E-state index in [1.807, 2.05) is 0 Å². The maximum absolute atomic E-state index is 12.6. The molecule has 0 atom stereocenters. The van der Waals surface area contributed by atoms with Gasteiger partial charge >= 0.3 is 12.0 Å². The molecular formula is C15H19ClN4O4S. The number of thiocarbonyl (C=S) groups is 1. The standard InChI is InChI=1S/C15H19ClN4O4S/c1-23-12-5-4-10(16)8-11(12)18-14(22)19-6-3-7-20(19)15(25)17-9-13(21)24-2/h4-5,8H,3,6-7,9H2,1-2H3,(H,17,25)(H,18,22). The average Bonchev–Trinajstić information content (AvgIpc) is 3.09. The van der Waals surface area contributed by atoms with E-state index in [9.17, 15) is 9.59 Å². The Bertz CT molecular complexity index is 673. The first kappa shape index (κ1) is 19.1. The van der Waals surface area contributed by atoms with Crippen molar-refractivity contribution in [2.45, 2.75) is 6.42 Å². The number of hydrazine groups is 1. The summed E-state index contributed by atoms with van der Waals surface area (Å²) in [5.74, 6) is 0.0519. The molecule has 0 radical (unpaired) electrons. The van der Waals surface area contributed by atoms with Crippen LogP contribution < -0.4 is 15.4 Å². The van der Waals surface area contributed by atoms with E-state index in [1.165, 1.54) is 19.2 Å². The molecule has 0 bridgehead atoms. The van der Waals surface area contributed by atoms with Crippen molar-refractivity contribution in [2.75, 3.05) is 39.2 Å². The average molecular weight is 387 g/mol. The van der Waals surface area contributed by atoms with Crippen LogP contribution in [0.25, 0.3) is 0 Å². The molecular weight excluding hydrogens is 368 g/mol. The fourth-order valence-corrected chi connectivity index (χ4v) is 2.74. The molecule has 0 spiro atoms. The van der Waals surface area contributed by atoms with Crippen LogP contribution in [0.3, 0.4) is 0 Å². The second-order valence-electron chi connectivity index (χ2n) is 5.11. The predicted octanol–water partition coefficient (Wildman–Crippen LogP) is 1.85. The zero-order valence-corrected chi connectivity index (χ0v) is 15.4. The summed E-state index contributed by atoms with van der Waals surface area (Å²) in [6.45, 7) is 0.991. The quantitative estimate of drug-likeness (QED) is 0.603. The molecule has 1 heterocycles. The van der Waals surface area contributed by atoms with Gasteiger partial charge in [-0.05, 0) is 36.8 Å². The smallest absolute Gasteiger partial charge is 0.340 e. The molecule has 1 aliphatic heterocycles. The van der Waals surface area contributed by atoms with E-state index in [2.05, 4.69) is 15.4 Å². The number of carbonyl (C=O) groups is 2. The highest BCUT2D eigenvalue weighted by molar-refractivity contribution is 7.80. The van der Waals surface area contributed by atoms with E-state index in [-0.39, 0.29) is 17.7 Å². The number of nitrogens with one attached hydrogen (secondary N) is 2. The minimum atomic E-state index is -0.443. The normalized spacial score (nSPS) is 13.4. The summed E-state index contributed by atoms with van der Waals surface area (Å²) in [5, 5.41) is 9.35. The van der Waals surface area contributed by atoms with E-state index in [0.29, 0.717) is 29.5 Å². The minimum absolute atomic E-state index is 0.0661. The summed E-state index contributed by atoms with van der Waals surface area (Å²) in [6.07, 6.45) is 0.750. The molecule has 8 nitrogen and oxygen atoms in total. The van der Waals surface area contributed by atoms with Crippen LogP contribution in [-0.2, 0) is 9.53 Å². The first-order chi connectivity index (χ1) is 12.0.